The zero-order valence-corrected chi connectivity index (χ0v) is 11.9. The molecule has 0 spiro atoms. The third kappa shape index (κ3) is 3.30. The van der Waals surface area contributed by atoms with Crippen molar-refractivity contribution in [3.8, 4) is 0 Å². The number of nitrogens with two attached hydrogens (primary N) is 1. The Labute approximate surface area is 128 Å². The highest BCUT2D eigenvalue weighted by atomic mass is 16.1. The molecule has 2 aromatic carbocycles. The summed E-state index contributed by atoms with van der Waals surface area (Å²) in [6.45, 7) is 0. The van der Waals surface area contributed by atoms with E-state index in [1.54, 1.807) is 12.2 Å². The number of hydrogen-bond donors (Lipinski definition) is 2. The van der Waals surface area contributed by atoms with E-state index in [0.29, 0.717) is 5.69 Å². The van der Waals surface area contributed by atoms with Gasteiger partial charge in [0.25, 0.3) is 0 Å². The van der Waals surface area contributed by atoms with Crippen LogP contribution in [0.5, 0.6) is 0 Å². The molecule has 1 aliphatic rings. The fourth-order valence-electron chi connectivity index (χ4n) is 2.07. The third-order valence-corrected chi connectivity index (χ3v) is 3.18. The molecule has 0 unspecified atom stereocenters. The second-order valence-corrected chi connectivity index (χ2v) is 4.87. The fourth-order valence-corrected chi connectivity index (χ4v) is 2.07. The molecular weight excluding hydrogens is 274 g/mol. The lowest BCUT2D eigenvalue weighted by atomic mass is 10.1. The minimum absolute atomic E-state index is 0.0253. The summed E-state index contributed by atoms with van der Waals surface area (Å²) in [7, 11) is 0. The number of aliphatic imine (C=N–C) groups is 1. The van der Waals surface area contributed by atoms with Crippen molar-refractivity contribution in [3.05, 3.63) is 72.8 Å². The summed E-state index contributed by atoms with van der Waals surface area (Å²) in [5.74, 6) is -0.0253. The van der Waals surface area contributed by atoms with Crippen molar-refractivity contribution < 1.29 is 4.79 Å². The predicted octanol–water partition coefficient (Wildman–Crippen LogP) is 3.78. The van der Waals surface area contributed by atoms with E-state index in [1.807, 2.05) is 48.5 Å². The number of hydrogen-bond acceptors (Lipinski definition) is 4. The number of rotatable bonds is 3. The first-order chi connectivity index (χ1) is 10.7. The first-order valence-corrected chi connectivity index (χ1v) is 6.91. The average molecular weight is 289 g/mol. The molecule has 0 aliphatic heterocycles. The zero-order chi connectivity index (χ0) is 15.4. The van der Waals surface area contributed by atoms with E-state index in [4.69, 9.17) is 5.73 Å². The normalized spacial score (nSPS) is 13.3. The van der Waals surface area contributed by atoms with E-state index in [0.717, 1.165) is 22.8 Å². The summed E-state index contributed by atoms with van der Waals surface area (Å²) in [4.78, 5) is 15.6. The number of benzene rings is 2. The summed E-state index contributed by atoms with van der Waals surface area (Å²) in [5.41, 5.74) is 9.92. The molecule has 0 aromatic heterocycles. The maximum Gasteiger partial charge on any atom is 0.178 e. The Morgan fingerprint density at radius 1 is 0.909 bits per heavy atom. The average Bonchev–Trinajstić information content (AvgIpc) is 2.54. The number of anilines is 3. The Hall–Kier alpha value is -3.14. The third-order valence-electron chi connectivity index (χ3n) is 3.18. The molecule has 0 atom stereocenters. The molecule has 4 nitrogen and oxygen atoms in total. The molecule has 3 rings (SSSR count). The van der Waals surface area contributed by atoms with Crippen molar-refractivity contribution in [2.24, 2.45) is 4.99 Å². The maximum atomic E-state index is 11.1. The van der Waals surface area contributed by atoms with Gasteiger partial charge >= 0.3 is 0 Å². The SMILES string of the molecule is Nc1ccc(N=C2C=CC(=O)C=C2)cc1Nc1ccccc1. The quantitative estimate of drug-likeness (QED) is 0.667. The Morgan fingerprint density at radius 2 is 1.64 bits per heavy atom. The monoisotopic (exact) mass is 289 g/mol. The van der Waals surface area contributed by atoms with Crippen LogP contribution in [0.15, 0.2) is 77.8 Å². The highest BCUT2D eigenvalue weighted by Crippen LogP contribution is 2.28. The van der Waals surface area contributed by atoms with Crippen LogP contribution in [0.4, 0.5) is 22.7 Å². The number of nitrogens with zero attached hydrogens (tertiary/aromatic N) is 1. The van der Waals surface area contributed by atoms with Crippen molar-refractivity contribution >= 4 is 34.2 Å². The van der Waals surface area contributed by atoms with Gasteiger partial charge in [0.1, 0.15) is 0 Å². The number of carbonyl (C=O) groups is 1. The first-order valence-electron chi connectivity index (χ1n) is 6.91. The molecule has 3 N–H and O–H groups in total. The van der Waals surface area contributed by atoms with Crippen LogP contribution in [0.25, 0.3) is 0 Å². The lowest BCUT2D eigenvalue weighted by molar-refractivity contribution is -0.110. The molecule has 1 aliphatic carbocycles. The van der Waals surface area contributed by atoms with Gasteiger partial charge in [0.2, 0.25) is 0 Å². The van der Waals surface area contributed by atoms with Crippen molar-refractivity contribution in [1.29, 1.82) is 0 Å². The minimum Gasteiger partial charge on any atom is -0.397 e. The molecule has 0 heterocycles. The van der Waals surface area contributed by atoms with Crippen LogP contribution in [0.2, 0.25) is 0 Å². The van der Waals surface area contributed by atoms with E-state index in [9.17, 15) is 4.79 Å². The van der Waals surface area contributed by atoms with Gasteiger partial charge in [0.15, 0.2) is 5.78 Å². The van der Waals surface area contributed by atoms with Crippen LogP contribution in [0.3, 0.4) is 0 Å². The Kier molecular flexibility index (Phi) is 3.83. The fraction of sp³-hybridized carbons (Fsp3) is 0. The maximum absolute atomic E-state index is 11.1. The van der Waals surface area contributed by atoms with Gasteiger partial charge in [-0.25, -0.2) is 4.99 Å². The molecule has 22 heavy (non-hydrogen) atoms. The minimum atomic E-state index is -0.0253. The van der Waals surface area contributed by atoms with Gasteiger partial charge in [-0.15, -0.1) is 0 Å². The lowest BCUT2D eigenvalue weighted by Gasteiger charge is -2.10. The summed E-state index contributed by atoms with van der Waals surface area (Å²) >= 11 is 0. The Bertz CT molecular complexity index is 771. The van der Waals surface area contributed by atoms with Crippen molar-refractivity contribution in [2.45, 2.75) is 0 Å². The highest BCUT2D eigenvalue weighted by Gasteiger charge is 2.03. The lowest BCUT2D eigenvalue weighted by Crippen LogP contribution is -1.99. The molecule has 0 amide bonds. The smallest absolute Gasteiger partial charge is 0.178 e. The number of carbonyl (C=O) groups excluding carboxylic acids is 1. The van der Waals surface area contributed by atoms with E-state index < -0.39 is 0 Å². The van der Waals surface area contributed by atoms with Crippen molar-refractivity contribution in [3.63, 3.8) is 0 Å². The van der Waals surface area contributed by atoms with E-state index >= 15 is 0 Å². The number of allylic oxidation sites excluding steroid dienone is 4. The largest absolute Gasteiger partial charge is 0.397 e. The van der Waals surface area contributed by atoms with E-state index in [2.05, 4.69) is 10.3 Å². The Morgan fingerprint density at radius 3 is 2.36 bits per heavy atom. The van der Waals surface area contributed by atoms with Crippen LogP contribution >= 0.6 is 0 Å². The molecule has 0 radical (unpaired) electrons. The van der Waals surface area contributed by atoms with Gasteiger partial charge in [-0.2, -0.15) is 0 Å². The topological polar surface area (TPSA) is 67.5 Å². The van der Waals surface area contributed by atoms with Crippen LogP contribution < -0.4 is 11.1 Å². The van der Waals surface area contributed by atoms with Crippen molar-refractivity contribution in [1.82, 2.24) is 0 Å². The van der Waals surface area contributed by atoms with Crippen LogP contribution in [0.1, 0.15) is 0 Å². The zero-order valence-electron chi connectivity index (χ0n) is 11.9. The number of nitrogens with one attached hydrogen (secondary N) is 1. The van der Waals surface area contributed by atoms with Gasteiger partial charge in [0, 0.05) is 5.69 Å². The molecule has 0 bridgehead atoms. The predicted molar refractivity (Wildman–Crippen MR) is 91.0 cm³/mol. The molecule has 0 saturated heterocycles. The van der Waals surface area contributed by atoms with Crippen molar-refractivity contribution in [2.75, 3.05) is 11.1 Å². The summed E-state index contributed by atoms with van der Waals surface area (Å²) < 4.78 is 0. The molecule has 108 valence electrons. The number of nitrogen functional groups attached to an aromatic ring is 1. The van der Waals surface area contributed by atoms with E-state index in [1.165, 1.54) is 12.2 Å². The number of para-hydroxylation sites is 1. The van der Waals surface area contributed by atoms with Gasteiger partial charge in [0.05, 0.1) is 22.8 Å². The van der Waals surface area contributed by atoms with Gasteiger partial charge in [-0.3, -0.25) is 4.79 Å². The molecule has 0 fully saturated rings. The van der Waals surface area contributed by atoms with Crippen LogP contribution in [-0.4, -0.2) is 11.5 Å². The molecular formula is C18H15N3O. The molecule has 0 saturated carbocycles. The summed E-state index contributed by atoms with van der Waals surface area (Å²) in [6, 6.07) is 15.3. The highest BCUT2D eigenvalue weighted by molar-refractivity contribution is 6.17. The summed E-state index contributed by atoms with van der Waals surface area (Å²) in [6.07, 6.45) is 6.39. The summed E-state index contributed by atoms with van der Waals surface area (Å²) in [5, 5.41) is 3.27. The Balaban J connectivity index is 1.87. The van der Waals surface area contributed by atoms with Crippen LogP contribution in [0, 0.1) is 0 Å². The molecule has 2 aromatic rings. The first kappa shape index (κ1) is 13.8. The molecule has 4 heteroatoms. The van der Waals surface area contributed by atoms with Gasteiger partial charge < -0.3 is 11.1 Å². The van der Waals surface area contributed by atoms with Gasteiger partial charge in [-0.05, 0) is 54.6 Å². The second-order valence-electron chi connectivity index (χ2n) is 4.87. The van der Waals surface area contributed by atoms with Gasteiger partial charge in [-0.1, -0.05) is 18.2 Å². The second kappa shape index (κ2) is 6.10. The van der Waals surface area contributed by atoms with E-state index in [-0.39, 0.29) is 5.78 Å². The van der Waals surface area contributed by atoms with Crippen LogP contribution in [-0.2, 0) is 4.79 Å². The number of ketones is 1. The standard InChI is InChI=1S/C18H15N3O/c19-17-11-8-15(20-14-6-9-16(22)10-7-14)12-18(17)21-13-4-2-1-3-5-13/h1-12,21H,19H2.